The van der Waals surface area contributed by atoms with Gasteiger partial charge in [0, 0.05) is 25.3 Å². The number of benzene rings is 1. The van der Waals surface area contributed by atoms with E-state index in [2.05, 4.69) is 34.6 Å². The fourth-order valence-corrected chi connectivity index (χ4v) is 2.77. The summed E-state index contributed by atoms with van der Waals surface area (Å²) in [6.45, 7) is 6.45. The van der Waals surface area contributed by atoms with E-state index < -0.39 is 4.92 Å². The van der Waals surface area contributed by atoms with Crippen molar-refractivity contribution in [2.45, 2.75) is 20.4 Å². The zero-order valence-corrected chi connectivity index (χ0v) is 13.9. The second-order valence-corrected chi connectivity index (χ2v) is 5.74. The summed E-state index contributed by atoms with van der Waals surface area (Å²) in [4.78, 5) is 16.4. The van der Waals surface area contributed by atoms with Crippen molar-refractivity contribution in [2.24, 2.45) is 5.73 Å². The van der Waals surface area contributed by atoms with Crippen LogP contribution in [0.1, 0.15) is 19.4 Å². The largest absolute Gasteiger partial charge is 0.372 e. The molecule has 4 N–H and O–H groups in total. The Morgan fingerprint density at radius 3 is 2.65 bits per heavy atom. The van der Waals surface area contributed by atoms with E-state index in [9.17, 15) is 10.1 Å². The number of hydrogen-bond donors (Lipinski definition) is 3. The highest BCUT2D eigenvalue weighted by molar-refractivity contribution is 7.18. The lowest BCUT2D eigenvalue weighted by molar-refractivity contribution is -0.380. The molecule has 2 rings (SSSR count). The quantitative estimate of drug-likeness (QED) is 0.502. The van der Waals surface area contributed by atoms with E-state index in [0.717, 1.165) is 41.4 Å². The van der Waals surface area contributed by atoms with Gasteiger partial charge in [-0.1, -0.05) is 0 Å². The molecule has 0 saturated heterocycles. The minimum Gasteiger partial charge on any atom is -0.372 e. The standard InChI is InChI=1S/C14H20N6O2S/c1-3-19(4-2)11-5-6-12(10(7-11)8-15)17-18-14-16-9-13(23-14)20(21)22/h5-7,9,17H,3-4,8,15H2,1-2H3,(H,16,18). The third-order valence-electron chi connectivity index (χ3n) is 3.41. The van der Waals surface area contributed by atoms with E-state index in [-0.39, 0.29) is 5.00 Å². The molecule has 0 atom stereocenters. The van der Waals surface area contributed by atoms with E-state index in [4.69, 9.17) is 5.73 Å². The topological polar surface area (TPSA) is 109 Å². The molecule has 124 valence electrons. The summed E-state index contributed by atoms with van der Waals surface area (Å²) in [6, 6.07) is 5.99. The average Bonchev–Trinajstić information content (AvgIpc) is 3.03. The van der Waals surface area contributed by atoms with Crippen LogP contribution in [0, 0.1) is 10.1 Å². The summed E-state index contributed by atoms with van der Waals surface area (Å²) in [5.74, 6) is 0. The summed E-state index contributed by atoms with van der Waals surface area (Å²) in [7, 11) is 0. The Morgan fingerprint density at radius 1 is 1.35 bits per heavy atom. The van der Waals surface area contributed by atoms with E-state index in [1.54, 1.807) is 0 Å². The van der Waals surface area contributed by atoms with Crippen molar-refractivity contribution in [1.29, 1.82) is 0 Å². The molecule has 23 heavy (non-hydrogen) atoms. The molecule has 1 aromatic carbocycles. The predicted molar refractivity (Wildman–Crippen MR) is 93.9 cm³/mol. The van der Waals surface area contributed by atoms with Crippen LogP contribution in [0.15, 0.2) is 24.4 Å². The van der Waals surface area contributed by atoms with E-state index in [1.165, 1.54) is 6.20 Å². The molecule has 0 fully saturated rings. The lowest BCUT2D eigenvalue weighted by atomic mass is 10.1. The van der Waals surface area contributed by atoms with Crippen molar-refractivity contribution in [3.8, 4) is 0 Å². The second-order valence-electron chi connectivity index (χ2n) is 4.73. The molecule has 0 amide bonds. The number of aromatic nitrogens is 1. The molecule has 0 saturated carbocycles. The van der Waals surface area contributed by atoms with E-state index in [1.807, 2.05) is 18.2 Å². The maximum absolute atomic E-state index is 10.7. The number of nitrogens with zero attached hydrogens (tertiary/aromatic N) is 3. The number of thiazole rings is 1. The fourth-order valence-electron chi connectivity index (χ4n) is 2.19. The van der Waals surface area contributed by atoms with Crippen molar-refractivity contribution in [3.63, 3.8) is 0 Å². The van der Waals surface area contributed by atoms with Gasteiger partial charge in [-0.3, -0.25) is 21.0 Å². The van der Waals surface area contributed by atoms with Gasteiger partial charge in [0.05, 0.1) is 10.6 Å². The SMILES string of the molecule is CCN(CC)c1ccc(NNc2ncc([N+](=O)[O-])s2)c(CN)c1. The summed E-state index contributed by atoms with van der Waals surface area (Å²) >= 11 is 0.966. The van der Waals surface area contributed by atoms with Crippen LogP contribution in [0.3, 0.4) is 0 Å². The van der Waals surface area contributed by atoms with Crippen molar-refractivity contribution >= 4 is 32.8 Å². The Morgan fingerprint density at radius 2 is 2.09 bits per heavy atom. The monoisotopic (exact) mass is 336 g/mol. The first-order chi connectivity index (χ1) is 11.1. The molecular formula is C14H20N6O2S. The molecule has 0 aliphatic heterocycles. The first kappa shape index (κ1) is 17.0. The van der Waals surface area contributed by atoms with Crippen LogP contribution in [0.25, 0.3) is 0 Å². The molecule has 8 nitrogen and oxygen atoms in total. The summed E-state index contributed by atoms with van der Waals surface area (Å²) in [5.41, 5.74) is 14.6. The molecule has 1 aromatic heterocycles. The Kier molecular flexibility index (Phi) is 5.72. The van der Waals surface area contributed by atoms with E-state index >= 15 is 0 Å². The van der Waals surface area contributed by atoms with Crippen LogP contribution in [0.5, 0.6) is 0 Å². The van der Waals surface area contributed by atoms with E-state index in [0.29, 0.717) is 11.7 Å². The van der Waals surface area contributed by atoms with Gasteiger partial charge >= 0.3 is 5.00 Å². The van der Waals surface area contributed by atoms with Gasteiger partial charge in [0.25, 0.3) is 0 Å². The van der Waals surface area contributed by atoms with Gasteiger partial charge in [0.1, 0.15) is 6.20 Å². The minimum absolute atomic E-state index is 0.00905. The Hall–Kier alpha value is -2.39. The molecular weight excluding hydrogens is 316 g/mol. The van der Waals surface area contributed by atoms with Crippen LogP contribution in [-0.2, 0) is 6.54 Å². The fraction of sp³-hybridized carbons (Fsp3) is 0.357. The predicted octanol–water partition coefficient (Wildman–Crippen LogP) is 2.80. The molecule has 0 radical (unpaired) electrons. The van der Waals surface area contributed by atoms with Crippen molar-refractivity contribution < 1.29 is 4.92 Å². The number of nitrogens with one attached hydrogen (secondary N) is 2. The summed E-state index contributed by atoms with van der Waals surface area (Å²) in [5, 5.41) is 11.1. The van der Waals surface area contributed by atoms with Crippen LogP contribution in [-0.4, -0.2) is 23.0 Å². The molecule has 0 unspecified atom stereocenters. The molecule has 0 aliphatic carbocycles. The lowest BCUT2D eigenvalue weighted by Gasteiger charge is -2.22. The van der Waals surface area contributed by atoms with Gasteiger partial charge in [0.2, 0.25) is 5.13 Å². The van der Waals surface area contributed by atoms with Crippen molar-refractivity contribution in [2.75, 3.05) is 28.8 Å². The van der Waals surface area contributed by atoms with Gasteiger partial charge < -0.3 is 10.6 Å². The zero-order chi connectivity index (χ0) is 16.8. The number of nitrogens with two attached hydrogens (primary N) is 1. The summed E-state index contributed by atoms with van der Waals surface area (Å²) in [6.07, 6.45) is 1.22. The van der Waals surface area contributed by atoms with Crippen molar-refractivity contribution in [1.82, 2.24) is 4.98 Å². The Bertz CT molecular complexity index is 671. The first-order valence-corrected chi connectivity index (χ1v) is 8.10. The van der Waals surface area contributed by atoms with Crippen molar-refractivity contribution in [3.05, 3.63) is 40.1 Å². The molecule has 9 heteroatoms. The molecule has 0 spiro atoms. The second kappa shape index (κ2) is 7.75. The molecule has 2 aromatic rings. The highest BCUT2D eigenvalue weighted by Gasteiger charge is 2.12. The third-order valence-corrected chi connectivity index (χ3v) is 4.28. The molecule has 0 aliphatic rings. The normalized spacial score (nSPS) is 10.4. The number of hydrogen-bond acceptors (Lipinski definition) is 8. The highest BCUT2D eigenvalue weighted by atomic mass is 32.1. The maximum Gasteiger partial charge on any atom is 0.345 e. The highest BCUT2D eigenvalue weighted by Crippen LogP contribution is 2.27. The van der Waals surface area contributed by atoms with Crippen LogP contribution < -0.4 is 21.5 Å². The first-order valence-electron chi connectivity index (χ1n) is 7.29. The maximum atomic E-state index is 10.7. The zero-order valence-electron chi connectivity index (χ0n) is 13.1. The number of rotatable bonds is 8. The third kappa shape index (κ3) is 4.08. The summed E-state index contributed by atoms with van der Waals surface area (Å²) < 4.78 is 0. The average molecular weight is 336 g/mol. The van der Waals surface area contributed by atoms with Crippen LogP contribution >= 0.6 is 11.3 Å². The number of hydrazine groups is 1. The Balaban J connectivity index is 2.11. The molecule has 1 heterocycles. The Labute approximate surface area is 138 Å². The van der Waals surface area contributed by atoms with Crippen LogP contribution in [0.2, 0.25) is 0 Å². The smallest absolute Gasteiger partial charge is 0.345 e. The van der Waals surface area contributed by atoms with Gasteiger partial charge in [0.15, 0.2) is 0 Å². The van der Waals surface area contributed by atoms with Gasteiger partial charge in [-0.2, -0.15) is 0 Å². The molecule has 0 bridgehead atoms. The minimum atomic E-state index is -0.465. The van der Waals surface area contributed by atoms with Gasteiger partial charge in [-0.05, 0) is 48.9 Å². The van der Waals surface area contributed by atoms with Crippen LogP contribution in [0.4, 0.5) is 21.5 Å². The lowest BCUT2D eigenvalue weighted by Crippen LogP contribution is -2.22. The van der Waals surface area contributed by atoms with Gasteiger partial charge in [-0.15, -0.1) is 0 Å². The number of nitro groups is 1. The number of anilines is 3. The van der Waals surface area contributed by atoms with Gasteiger partial charge in [-0.25, -0.2) is 4.98 Å².